The van der Waals surface area contributed by atoms with Gasteiger partial charge in [-0.15, -0.1) is 0 Å². The summed E-state index contributed by atoms with van der Waals surface area (Å²) in [6, 6.07) is 10.7. The second kappa shape index (κ2) is 4.79. The topological polar surface area (TPSA) is 23.5 Å². The van der Waals surface area contributed by atoms with Gasteiger partial charge in [0.25, 0.3) is 0 Å². The summed E-state index contributed by atoms with van der Waals surface area (Å²) in [6.07, 6.45) is 3.58. The summed E-state index contributed by atoms with van der Waals surface area (Å²) in [6.45, 7) is 3.35. The Labute approximate surface area is 103 Å². The van der Waals surface area contributed by atoms with Gasteiger partial charge < -0.3 is 10.0 Å². The second-order valence-corrected chi connectivity index (χ2v) is 5.58. The summed E-state index contributed by atoms with van der Waals surface area (Å²) in [5, 5.41) is 9.99. The predicted molar refractivity (Wildman–Crippen MR) is 68.8 cm³/mol. The van der Waals surface area contributed by atoms with Gasteiger partial charge in [-0.2, -0.15) is 0 Å². The van der Waals surface area contributed by atoms with Gasteiger partial charge >= 0.3 is 0 Å². The molecule has 2 fully saturated rings. The highest BCUT2D eigenvalue weighted by atomic mass is 16.3. The van der Waals surface area contributed by atoms with Crippen LogP contribution in [0.1, 0.15) is 18.4 Å². The maximum absolute atomic E-state index is 9.99. The number of likely N-dealkylation sites (tertiary alicyclic amines) is 1. The fraction of sp³-hybridized carbons (Fsp3) is 0.600. The van der Waals surface area contributed by atoms with E-state index in [1.807, 2.05) is 0 Å². The highest BCUT2D eigenvalue weighted by molar-refractivity contribution is 5.15. The lowest BCUT2D eigenvalue weighted by atomic mass is 9.95. The van der Waals surface area contributed by atoms with Gasteiger partial charge in [0.05, 0.1) is 6.10 Å². The molecule has 0 spiro atoms. The van der Waals surface area contributed by atoms with Gasteiger partial charge in [-0.05, 0) is 36.7 Å². The lowest BCUT2D eigenvalue weighted by Crippen LogP contribution is -2.45. The average Bonchev–Trinajstić information content (AvgIpc) is 2.61. The number of piperidine rings is 1. The smallest absolute Gasteiger partial charge is 0.0620 e. The lowest BCUT2D eigenvalue weighted by Gasteiger charge is -2.35. The molecule has 2 bridgehead atoms. The van der Waals surface area contributed by atoms with Crippen LogP contribution in [0.3, 0.4) is 0 Å². The van der Waals surface area contributed by atoms with Crippen molar-refractivity contribution < 1.29 is 5.11 Å². The third-order valence-electron chi connectivity index (χ3n) is 4.42. The van der Waals surface area contributed by atoms with Gasteiger partial charge in [-0.3, -0.25) is 0 Å². The van der Waals surface area contributed by atoms with E-state index < -0.39 is 0 Å². The van der Waals surface area contributed by atoms with Gasteiger partial charge in [-0.25, -0.2) is 0 Å². The van der Waals surface area contributed by atoms with Crippen LogP contribution in [-0.4, -0.2) is 35.7 Å². The molecule has 1 aliphatic heterocycles. The first-order valence-electron chi connectivity index (χ1n) is 6.77. The van der Waals surface area contributed by atoms with Crippen molar-refractivity contribution in [2.24, 2.45) is 11.8 Å². The van der Waals surface area contributed by atoms with Crippen LogP contribution in [0.4, 0.5) is 0 Å². The van der Waals surface area contributed by atoms with Crippen molar-refractivity contribution in [3.05, 3.63) is 35.9 Å². The Bertz CT molecular complexity index is 350. The summed E-state index contributed by atoms with van der Waals surface area (Å²) in [4.78, 5) is 2.54. The van der Waals surface area contributed by atoms with Crippen molar-refractivity contribution in [2.75, 3.05) is 19.6 Å². The van der Waals surface area contributed by atoms with Crippen LogP contribution >= 0.6 is 0 Å². The molecule has 1 heterocycles. The van der Waals surface area contributed by atoms with E-state index in [9.17, 15) is 5.11 Å². The summed E-state index contributed by atoms with van der Waals surface area (Å²) in [5.74, 6) is 1.09. The molecule has 1 aliphatic carbocycles. The Morgan fingerprint density at radius 1 is 1.06 bits per heavy atom. The van der Waals surface area contributed by atoms with E-state index in [0.717, 1.165) is 26.1 Å². The molecule has 2 unspecified atom stereocenters. The molecule has 0 radical (unpaired) electrons. The zero-order chi connectivity index (χ0) is 11.7. The van der Waals surface area contributed by atoms with Crippen LogP contribution in [-0.2, 0) is 6.42 Å². The Kier molecular flexibility index (Phi) is 3.17. The monoisotopic (exact) mass is 231 g/mol. The van der Waals surface area contributed by atoms with E-state index in [1.54, 1.807) is 0 Å². The SMILES string of the molecule is OC1C2CCC1CN(CCc1ccccc1)C2. The van der Waals surface area contributed by atoms with E-state index in [4.69, 9.17) is 0 Å². The molecular weight excluding hydrogens is 210 g/mol. The van der Waals surface area contributed by atoms with Gasteiger partial charge in [0.2, 0.25) is 0 Å². The summed E-state index contributed by atoms with van der Waals surface area (Å²) >= 11 is 0. The number of benzene rings is 1. The molecule has 0 aromatic heterocycles. The second-order valence-electron chi connectivity index (χ2n) is 5.58. The third-order valence-corrected chi connectivity index (χ3v) is 4.42. The van der Waals surface area contributed by atoms with Gasteiger partial charge in [0.15, 0.2) is 0 Å². The molecule has 1 aromatic carbocycles. The quantitative estimate of drug-likeness (QED) is 0.859. The maximum atomic E-state index is 9.99. The minimum absolute atomic E-state index is 0.0111. The fourth-order valence-electron chi connectivity index (χ4n) is 3.41. The van der Waals surface area contributed by atoms with Crippen molar-refractivity contribution in [2.45, 2.75) is 25.4 Å². The number of aliphatic hydroxyl groups is 1. The van der Waals surface area contributed by atoms with Crippen molar-refractivity contribution in [3.8, 4) is 0 Å². The Balaban J connectivity index is 1.54. The molecule has 2 aliphatic rings. The van der Waals surface area contributed by atoms with Crippen LogP contribution in [0.15, 0.2) is 30.3 Å². The fourth-order valence-corrected chi connectivity index (χ4v) is 3.41. The number of aliphatic hydroxyl groups excluding tert-OH is 1. The van der Waals surface area contributed by atoms with Crippen LogP contribution in [0, 0.1) is 11.8 Å². The van der Waals surface area contributed by atoms with Gasteiger partial charge in [-0.1, -0.05) is 30.3 Å². The normalized spacial score (nSPS) is 32.9. The molecule has 17 heavy (non-hydrogen) atoms. The first-order chi connectivity index (χ1) is 8.33. The van der Waals surface area contributed by atoms with Crippen LogP contribution in [0.5, 0.6) is 0 Å². The predicted octanol–water partition coefficient (Wildman–Crippen LogP) is 1.93. The number of nitrogens with zero attached hydrogens (tertiary/aromatic N) is 1. The third kappa shape index (κ3) is 2.38. The lowest BCUT2D eigenvalue weighted by molar-refractivity contribution is 0.0174. The van der Waals surface area contributed by atoms with Gasteiger partial charge in [0, 0.05) is 19.6 Å². The first kappa shape index (κ1) is 11.2. The highest BCUT2D eigenvalue weighted by Gasteiger charge is 2.40. The summed E-state index contributed by atoms with van der Waals surface area (Å²) < 4.78 is 0. The standard InChI is InChI=1S/C15H21NO/c17-15-13-6-7-14(15)11-16(10-13)9-8-12-4-2-1-3-5-12/h1-5,13-15,17H,6-11H2. The van der Waals surface area contributed by atoms with Crippen molar-refractivity contribution in [1.82, 2.24) is 4.90 Å². The zero-order valence-corrected chi connectivity index (χ0v) is 10.3. The van der Waals surface area contributed by atoms with Crippen LogP contribution < -0.4 is 0 Å². The average molecular weight is 231 g/mol. The van der Waals surface area contributed by atoms with Crippen molar-refractivity contribution in [3.63, 3.8) is 0 Å². The summed E-state index contributed by atoms with van der Waals surface area (Å²) in [7, 11) is 0. The highest BCUT2D eigenvalue weighted by Crippen LogP contribution is 2.36. The Morgan fingerprint density at radius 2 is 1.71 bits per heavy atom. The largest absolute Gasteiger partial charge is 0.392 e. The van der Waals surface area contributed by atoms with Crippen LogP contribution in [0.2, 0.25) is 0 Å². The van der Waals surface area contributed by atoms with Crippen molar-refractivity contribution in [1.29, 1.82) is 0 Å². The van der Waals surface area contributed by atoms with Crippen molar-refractivity contribution >= 4 is 0 Å². The molecule has 1 N–H and O–H groups in total. The van der Waals surface area contributed by atoms with E-state index in [2.05, 4.69) is 35.2 Å². The molecule has 1 saturated heterocycles. The molecule has 1 saturated carbocycles. The minimum atomic E-state index is -0.0111. The van der Waals surface area contributed by atoms with Gasteiger partial charge in [0.1, 0.15) is 0 Å². The molecule has 2 atom stereocenters. The Morgan fingerprint density at radius 3 is 2.35 bits per heavy atom. The molecule has 2 heteroatoms. The maximum Gasteiger partial charge on any atom is 0.0620 e. The van der Waals surface area contributed by atoms with E-state index in [0.29, 0.717) is 11.8 Å². The molecule has 3 rings (SSSR count). The minimum Gasteiger partial charge on any atom is -0.392 e. The molecule has 0 amide bonds. The van der Waals surface area contributed by atoms with E-state index >= 15 is 0 Å². The zero-order valence-electron chi connectivity index (χ0n) is 10.3. The van der Waals surface area contributed by atoms with E-state index in [1.165, 1.54) is 18.4 Å². The molecule has 1 aromatic rings. The molecular formula is C15H21NO. The Hall–Kier alpha value is -0.860. The van der Waals surface area contributed by atoms with Crippen LogP contribution in [0.25, 0.3) is 0 Å². The number of fused-ring (bicyclic) bond motifs is 2. The number of rotatable bonds is 3. The molecule has 92 valence electrons. The number of hydrogen-bond donors (Lipinski definition) is 1. The molecule has 2 nitrogen and oxygen atoms in total. The van der Waals surface area contributed by atoms with E-state index in [-0.39, 0.29) is 6.10 Å². The number of hydrogen-bond acceptors (Lipinski definition) is 2. The first-order valence-corrected chi connectivity index (χ1v) is 6.77. The summed E-state index contributed by atoms with van der Waals surface area (Å²) in [5.41, 5.74) is 1.42.